The molecule has 2 heterocycles. The van der Waals surface area contributed by atoms with Gasteiger partial charge in [-0.25, -0.2) is 4.79 Å². The monoisotopic (exact) mass is 322 g/mol. The number of nitrogens with zero attached hydrogens (tertiary/aromatic N) is 4. The van der Waals surface area contributed by atoms with Crippen LogP contribution in [0.25, 0.3) is 0 Å². The van der Waals surface area contributed by atoms with E-state index in [-0.39, 0.29) is 5.56 Å². The number of ether oxygens (including phenoxy) is 1. The third-order valence-corrected chi connectivity index (χ3v) is 3.38. The van der Waals surface area contributed by atoms with Crippen LogP contribution in [-0.4, -0.2) is 69.1 Å². The Morgan fingerprint density at radius 2 is 1.65 bits per heavy atom. The largest absolute Gasteiger partial charge is 0.444 e. The molecular weight excluding hydrogens is 300 g/mol. The first kappa shape index (κ1) is 17.0. The first-order chi connectivity index (χ1) is 10.7. The zero-order chi connectivity index (χ0) is 17.2. The second kappa shape index (κ2) is 6.39. The van der Waals surface area contributed by atoms with Crippen molar-refractivity contribution in [3.05, 3.63) is 18.0 Å². The van der Waals surface area contributed by atoms with Crippen LogP contribution in [0.15, 0.2) is 12.4 Å². The van der Waals surface area contributed by atoms with Gasteiger partial charge < -0.3 is 14.5 Å². The van der Waals surface area contributed by atoms with Gasteiger partial charge in [0, 0.05) is 39.4 Å². The minimum atomic E-state index is -0.580. The summed E-state index contributed by atoms with van der Waals surface area (Å²) in [5.74, 6) is -1.15. The van der Waals surface area contributed by atoms with Crippen LogP contribution < -0.4 is 0 Å². The van der Waals surface area contributed by atoms with E-state index in [1.165, 1.54) is 22.0 Å². The molecule has 1 fully saturated rings. The second-order valence-corrected chi connectivity index (χ2v) is 6.49. The zero-order valence-electron chi connectivity index (χ0n) is 13.9. The SMILES string of the molecule is Cn1cc(C(=O)C(=O)N2CCN(C(=O)OC(C)(C)C)CC2)cn1. The molecular formula is C15H22N4O4. The summed E-state index contributed by atoms with van der Waals surface area (Å²) in [5.41, 5.74) is -0.285. The average molecular weight is 322 g/mol. The van der Waals surface area contributed by atoms with Gasteiger partial charge in [0.25, 0.3) is 11.7 Å². The molecule has 0 unspecified atom stereocenters. The van der Waals surface area contributed by atoms with E-state index < -0.39 is 23.4 Å². The Morgan fingerprint density at radius 3 is 2.13 bits per heavy atom. The molecule has 1 aliphatic rings. The molecule has 2 amide bonds. The maximum Gasteiger partial charge on any atom is 0.410 e. The molecule has 2 rings (SSSR count). The fourth-order valence-electron chi connectivity index (χ4n) is 2.22. The quantitative estimate of drug-likeness (QED) is 0.590. The summed E-state index contributed by atoms with van der Waals surface area (Å²) in [5, 5.41) is 3.89. The highest BCUT2D eigenvalue weighted by molar-refractivity contribution is 6.42. The van der Waals surface area contributed by atoms with Gasteiger partial charge in [0.1, 0.15) is 5.60 Å². The van der Waals surface area contributed by atoms with Crippen LogP contribution in [0.2, 0.25) is 0 Å². The number of aryl methyl sites for hydroxylation is 1. The second-order valence-electron chi connectivity index (χ2n) is 6.49. The molecule has 1 aliphatic heterocycles. The number of carbonyl (C=O) groups excluding carboxylic acids is 3. The fraction of sp³-hybridized carbons (Fsp3) is 0.600. The van der Waals surface area contributed by atoms with Gasteiger partial charge in [-0.15, -0.1) is 0 Å². The Hall–Kier alpha value is -2.38. The van der Waals surface area contributed by atoms with E-state index >= 15 is 0 Å². The molecule has 0 N–H and O–H groups in total. The topological polar surface area (TPSA) is 84.7 Å². The lowest BCUT2D eigenvalue weighted by Crippen LogP contribution is -2.53. The van der Waals surface area contributed by atoms with Crippen LogP contribution in [0.3, 0.4) is 0 Å². The predicted molar refractivity (Wildman–Crippen MR) is 81.9 cm³/mol. The molecule has 0 bridgehead atoms. The van der Waals surface area contributed by atoms with Gasteiger partial charge in [-0.1, -0.05) is 0 Å². The maximum absolute atomic E-state index is 12.2. The van der Waals surface area contributed by atoms with Crippen molar-refractivity contribution in [3.8, 4) is 0 Å². The minimum absolute atomic E-state index is 0.270. The molecule has 1 aromatic rings. The lowest BCUT2D eigenvalue weighted by atomic mass is 10.2. The van der Waals surface area contributed by atoms with E-state index in [2.05, 4.69) is 5.10 Å². The van der Waals surface area contributed by atoms with Crippen LogP contribution in [-0.2, 0) is 16.6 Å². The number of rotatable bonds is 2. The molecule has 1 aromatic heterocycles. The molecule has 0 aromatic carbocycles. The van der Waals surface area contributed by atoms with Crippen molar-refractivity contribution < 1.29 is 19.1 Å². The van der Waals surface area contributed by atoms with Crippen LogP contribution in [0, 0.1) is 0 Å². The third-order valence-electron chi connectivity index (χ3n) is 3.38. The zero-order valence-corrected chi connectivity index (χ0v) is 13.9. The summed E-state index contributed by atoms with van der Waals surface area (Å²) >= 11 is 0. The highest BCUT2D eigenvalue weighted by atomic mass is 16.6. The van der Waals surface area contributed by atoms with Crippen molar-refractivity contribution in [3.63, 3.8) is 0 Å². The highest BCUT2D eigenvalue weighted by Gasteiger charge is 2.30. The maximum atomic E-state index is 12.2. The summed E-state index contributed by atoms with van der Waals surface area (Å²) in [6, 6.07) is 0. The van der Waals surface area contributed by atoms with Gasteiger partial charge in [0.15, 0.2) is 0 Å². The molecule has 0 spiro atoms. The molecule has 8 nitrogen and oxygen atoms in total. The molecule has 0 atom stereocenters. The predicted octanol–water partition coefficient (Wildman–Crippen LogP) is 0.682. The van der Waals surface area contributed by atoms with Crippen LogP contribution in [0.5, 0.6) is 0 Å². The number of hydrogen-bond donors (Lipinski definition) is 0. The molecule has 23 heavy (non-hydrogen) atoms. The standard InChI is InChI=1S/C15H22N4O4/c1-15(2,3)23-14(22)19-7-5-18(6-8-19)13(21)12(20)11-9-16-17(4)10-11/h9-10H,5-8H2,1-4H3. The molecule has 1 saturated heterocycles. The lowest BCUT2D eigenvalue weighted by molar-refractivity contribution is -0.128. The molecule has 0 radical (unpaired) electrons. The van der Waals surface area contributed by atoms with Crippen molar-refractivity contribution in [1.82, 2.24) is 19.6 Å². The fourth-order valence-corrected chi connectivity index (χ4v) is 2.22. The van der Waals surface area contributed by atoms with Crippen molar-refractivity contribution in [2.75, 3.05) is 26.2 Å². The van der Waals surface area contributed by atoms with Crippen molar-refractivity contribution in [2.24, 2.45) is 7.05 Å². The Bertz CT molecular complexity index is 609. The van der Waals surface area contributed by atoms with E-state index in [1.807, 2.05) is 0 Å². The first-order valence-electron chi connectivity index (χ1n) is 7.47. The van der Waals surface area contributed by atoms with Crippen molar-refractivity contribution in [2.45, 2.75) is 26.4 Å². The number of hydrogen-bond acceptors (Lipinski definition) is 5. The van der Waals surface area contributed by atoms with E-state index in [1.54, 1.807) is 32.7 Å². The number of amides is 2. The number of carbonyl (C=O) groups is 3. The number of aromatic nitrogens is 2. The van der Waals surface area contributed by atoms with Gasteiger partial charge >= 0.3 is 6.09 Å². The number of Topliss-reactive ketones (excluding diaryl/α,β-unsaturated/α-hetero) is 1. The van der Waals surface area contributed by atoms with E-state index in [9.17, 15) is 14.4 Å². The van der Waals surface area contributed by atoms with Crippen LogP contribution in [0.1, 0.15) is 31.1 Å². The molecule has 0 aliphatic carbocycles. The first-order valence-corrected chi connectivity index (χ1v) is 7.47. The normalized spacial score (nSPS) is 15.5. The Morgan fingerprint density at radius 1 is 1.09 bits per heavy atom. The Labute approximate surface area is 135 Å². The third kappa shape index (κ3) is 4.30. The lowest BCUT2D eigenvalue weighted by Gasteiger charge is -2.35. The Balaban J connectivity index is 1.90. The minimum Gasteiger partial charge on any atom is -0.444 e. The van der Waals surface area contributed by atoms with E-state index in [0.717, 1.165) is 0 Å². The Kier molecular flexibility index (Phi) is 4.72. The summed E-state index contributed by atoms with van der Waals surface area (Å²) < 4.78 is 6.77. The van der Waals surface area contributed by atoms with Crippen LogP contribution >= 0.6 is 0 Å². The van der Waals surface area contributed by atoms with Crippen molar-refractivity contribution >= 4 is 17.8 Å². The smallest absolute Gasteiger partial charge is 0.410 e. The molecule has 0 saturated carbocycles. The van der Waals surface area contributed by atoms with E-state index in [4.69, 9.17) is 4.74 Å². The summed E-state index contributed by atoms with van der Waals surface area (Å²) in [6.45, 7) is 6.72. The number of ketones is 1. The van der Waals surface area contributed by atoms with Gasteiger partial charge in [-0.05, 0) is 20.8 Å². The van der Waals surface area contributed by atoms with Crippen molar-refractivity contribution in [1.29, 1.82) is 0 Å². The van der Waals surface area contributed by atoms with Gasteiger partial charge in [-0.3, -0.25) is 14.3 Å². The van der Waals surface area contributed by atoms with Gasteiger partial charge in [-0.2, -0.15) is 5.10 Å². The molecule has 8 heteroatoms. The van der Waals surface area contributed by atoms with Gasteiger partial charge in [0.05, 0.1) is 11.8 Å². The van der Waals surface area contributed by atoms with E-state index in [0.29, 0.717) is 26.2 Å². The number of piperazine rings is 1. The van der Waals surface area contributed by atoms with Crippen LogP contribution in [0.4, 0.5) is 4.79 Å². The molecule has 126 valence electrons. The average Bonchev–Trinajstić information content (AvgIpc) is 2.90. The highest BCUT2D eigenvalue weighted by Crippen LogP contribution is 2.12. The van der Waals surface area contributed by atoms with Gasteiger partial charge in [0.2, 0.25) is 0 Å². The summed E-state index contributed by atoms with van der Waals surface area (Å²) in [6.07, 6.45) is 2.48. The summed E-state index contributed by atoms with van der Waals surface area (Å²) in [7, 11) is 1.68. The summed E-state index contributed by atoms with van der Waals surface area (Å²) in [4.78, 5) is 39.3.